The Labute approximate surface area is 115 Å². The molecule has 0 spiro atoms. The molecule has 4 nitrogen and oxygen atoms in total. The molecule has 0 radical (unpaired) electrons. The summed E-state index contributed by atoms with van der Waals surface area (Å²) in [5.74, 6) is 0. The summed E-state index contributed by atoms with van der Waals surface area (Å²) >= 11 is 0. The van der Waals surface area contributed by atoms with Crippen molar-refractivity contribution in [1.29, 1.82) is 0 Å². The summed E-state index contributed by atoms with van der Waals surface area (Å²) in [6.45, 7) is 11.3. The fourth-order valence-corrected chi connectivity index (χ4v) is 3.30. The van der Waals surface area contributed by atoms with Crippen molar-refractivity contribution >= 4 is 15.7 Å². The quantitative estimate of drug-likeness (QED) is 0.642. The molecule has 0 aromatic heterocycles. The number of benzene rings is 1. The monoisotopic (exact) mass is 280 g/mol. The first-order chi connectivity index (χ1) is 8.84. The Morgan fingerprint density at radius 1 is 1.16 bits per heavy atom. The second-order valence-electron chi connectivity index (χ2n) is 4.37. The number of sulfonamides is 1. The van der Waals surface area contributed by atoms with Crippen LogP contribution in [0.1, 0.15) is 11.1 Å². The molecule has 0 aliphatic rings. The summed E-state index contributed by atoms with van der Waals surface area (Å²) in [6.07, 6.45) is 3.08. The van der Waals surface area contributed by atoms with Gasteiger partial charge >= 0.3 is 0 Å². The summed E-state index contributed by atoms with van der Waals surface area (Å²) < 4.78 is 26.4. The first-order valence-corrected chi connectivity index (χ1v) is 7.37. The third-order valence-electron chi connectivity index (χ3n) is 2.91. The van der Waals surface area contributed by atoms with Crippen LogP contribution >= 0.6 is 0 Å². The van der Waals surface area contributed by atoms with Gasteiger partial charge in [-0.1, -0.05) is 12.2 Å². The molecule has 0 saturated heterocycles. The predicted molar refractivity (Wildman–Crippen MR) is 79.5 cm³/mol. The summed E-state index contributed by atoms with van der Waals surface area (Å²) in [4.78, 5) is 0.138. The Morgan fingerprint density at radius 2 is 1.63 bits per heavy atom. The second kappa shape index (κ2) is 6.04. The van der Waals surface area contributed by atoms with Crippen molar-refractivity contribution < 1.29 is 8.42 Å². The maximum Gasteiger partial charge on any atom is 0.245 e. The summed E-state index contributed by atoms with van der Waals surface area (Å²) in [7, 11) is -3.63. The standard InChI is InChI=1S/C14H20N2O2S/c1-5-7-16(8-6-2)19(17,18)14-10-12(4)11(3)9-13(14)15/h5-6,9-10H,1-2,7-8,15H2,3-4H3. The van der Waals surface area contributed by atoms with E-state index in [4.69, 9.17) is 5.73 Å². The number of hydrogen-bond donors (Lipinski definition) is 1. The van der Waals surface area contributed by atoms with E-state index in [1.807, 2.05) is 13.8 Å². The van der Waals surface area contributed by atoms with Crippen molar-refractivity contribution in [3.8, 4) is 0 Å². The van der Waals surface area contributed by atoms with Crippen LogP contribution in [0.25, 0.3) is 0 Å². The number of rotatable bonds is 6. The summed E-state index contributed by atoms with van der Waals surface area (Å²) in [6, 6.07) is 3.29. The number of nitrogen functional groups attached to an aromatic ring is 1. The van der Waals surface area contributed by atoms with E-state index < -0.39 is 10.0 Å². The third-order valence-corrected chi connectivity index (χ3v) is 4.80. The van der Waals surface area contributed by atoms with Crippen molar-refractivity contribution in [2.45, 2.75) is 18.7 Å². The lowest BCUT2D eigenvalue weighted by molar-refractivity contribution is 0.474. The van der Waals surface area contributed by atoms with Gasteiger partial charge in [0.25, 0.3) is 0 Å². The largest absolute Gasteiger partial charge is 0.398 e. The van der Waals surface area contributed by atoms with E-state index in [2.05, 4.69) is 13.2 Å². The molecule has 0 bridgehead atoms. The van der Waals surface area contributed by atoms with Crippen LogP contribution in [0.4, 0.5) is 5.69 Å². The van der Waals surface area contributed by atoms with Crippen LogP contribution in [-0.2, 0) is 10.0 Å². The highest BCUT2D eigenvalue weighted by Crippen LogP contribution is 2.25. The molecule has 5 heteroatoms. The van der Waals surface area contributed by atoms with E-state index in [0.29, 0.717) is 0 Å². The highest BCUT2D eigenvalue weighted by Gasteiger charge is 2.25. The van der Waals surface area contributed by atoms with Crippen molar-refractivity contribution in [3.05, 3.63) is 48.6 Å². The van der Waals surface area contributed by atoms with Gasteiger partial charge in [0.05, 0.1) is 5.69 Å². The molecule has 2 N–H and O–H groups in total. The SMILES string of the molecule is C=CCN(CC=C)S(=O)(=O)c1cc(C)c(C)cc1N. The average Bonchev–Trinajstić information content (AvgIpc) is 2.33. The van der Waals surface area contributed by atoms with E-state index in [1.165, 1.54) is 16.5 Å². The third kappa shape index (κ3) is 3.24. The van der Waals surface area contributed by atoms with Crippen molar-refractivity contribution in [2.75, 3.05) is 18.8 Å². The van der Waals surface area contributed by atoms with E-state index >= 15 is 0 Å². The van der Waals surface area contributed by atoms with Crippen LogP contribution in [-0.4, -0.2) is 25.8 Å². The number of hydrogen-bond acceptors (Lipinski definition) is 3. The minimum atomic E-state index is -3.63. The zero-order valence-electron chi connectivity index (χ0n) is 11.4. The van der Waals surface area contributed by atoms with Gasteiger partial charge in [-0.2, -0.15) is 4.31 Å². The molecule has 0 aliphatic heterocycles. The van der Waals surface area contributed by atoms with E-state index in [0.717, 1.165) is 11.1 Å². The number of nitrogens with two attached hydrogens (primary N) is 1. The lowest BCUT2D eigenvalue weighted by Crippen LogP contribution is -2.32. The molecule has 0 unspecified atom stereocenters. The highest BCUT2D eigenvalue weighted by molar-refractivity contribution is 7.89. The molecule has 104 valence electrons. The zero-order valence-corrected chi connectivity index (χ0v) is 12.2. The average molecular weight is 280 g/mol. The van der Waals surface area contributed by atoms with Gasteiger partial charge in [-0.3, -0.25) is 0 Å². The van der Waals surface area contributed by atoms with Gasteiger partial charge in [-0.05, 0) is 37.1 Å². The van der Waals surface area contributed by atoms with Crippen LogP contribution in [0.2, 0.25) is 0 Å². The van der Waals surface area contributed by atoms with Crippen LogP contribution in [0, 0.1) is 13.8 Å². The van der Waals surface area contributed by atoms with Gasteiger partial charge in [0.2, 0.25) is 10.0 Å². The van der Waals surface area contributed by atoms with E-state index in [1.54, 1.807) is 12.1 Å². The van der Waals surface area contributed by atoms with Gasteiger partial charge in [-0.25, -0.2) is 8.42 Å². The van der Waals surface area contributed by atoms with Crippen LogP contribution in [0.15, 0.2) is 42.3 Å². The molecule has 0 fully saturated rings. The molecule has 19 heavy (non-hydrogen) atoms. The van der Waals surface area contributed by atoms with Gasteiger partial charge in [0, 0.05) is 13.1 Å². The minimum absolute atomic E-state index is 0.138. The van der Waals surface area contributed by atoms with Crippen LogP contribution in [0.5, 0.6) is 0 Å². The van der Waals surface area contributed by atoms with E-state index in [9.17, 15) is 8.42 Å². The lowest BCUT2D eigenvalue weighted by atomic mass is 10.1. The second-order valence-corrected chi connectivity index (χ2v) is 6.28. The number of nitrogens with zero attached hydrogens (tertiary/aromatic N) is 1. The topological polar surface area (TPSA) is 63.4 Å². The van der Waals surface area contributed by atoms with Crippen LogP contribution < -0.4 is 5.73 Å². The molecular formula is C14H20N2O2S. The lowest BCUT2D eigenvalue weighted by Gasteiger charge is -2.20. The molecule has 1 aromatic carbocycles. The number of aryl methyl sites for hydroxylation is 2. The van der Waals surface area contributed by atoms with E-state index in [-0.39, 0.29) is 23.7 Å². The highest BCUT2D eigenvalue weighted by atomic mass is 32.2. The first kappa shape index (κ1) is 15.5. The molecule has 0 saturated carbocycles. The Hall–Kier alpha value is -1.59. The minimum Gasteiger partial charge on any atom is -0.398 e. The Kier molecular flexibility index (Phi) is 4.91. The van der Waals surface area contributed by atoms with Gasteiger partial charge in [0.1, 0.15) is 4.90 Å². The normalized spacial score (nSPS) is 11.5. The fourth-order valence-electron chi connectivity index (χ4n) is 1.73. The molecule has 0 amide bonds. The Bertz CT molecular complexity index is 582. The Morgan fingerprint density at radius 3 is 2.11 bits per heavy atom. The summed E-state index contributed by atoms with van der Waals surface area (Å²) in [5, 5.41) is 0. The molecule has 0 aliphatic carbocycles. The molecule has 1 aromatic rings. The predicted octanol–water partition coefficient (Wildman–Crippen LogP) is 2.25. The molecular weight excluding hydrogens is 260 g/mol. The van der Waals surface area contributed by atoms with Crippen LogP contribution in [0.3, 0.4) is 0 Å². The Balaban J connectivity index is 3.36. The fraction of sp³-hybridized carbons (Fsp3) is 0.286. The van der Waals surface area contributed by atoms with Gasteiger partial charge in [0.15, 0.2) is 0 Å². The first-order valence-electron chi connectivity index (χ1n) is 5.93. The molecule has 1 rings (SSSR count). The van der Waals surface area contributed by atoms with Gasteiger partial charge in [-0.15, -0.1) is 13.2 Å². The van der Waals surface area contributed by atoms with Crippen molar-refractivity contribution in [2.24, 2.45) is 0 Å². The maximum atomic E-state index is 12.5. The summed E-state index contributed by atoms with van der Waals surface area (Å²) in [5.41, 5.74) is 7.98. The number of anilines is 1. The van der Waals surface area contributed by atoms with Crippen molar-refractivity contribution in [1.82, 2.24) is 4.31 Å². The van der Waals surface area contributed by atoms with Gasteiger partial charge < -0.3 is 5.73 Å². The smallest absolute Gasteiger partial charge is 0.245 e. The van der Waals surface area contributed by atoms with Crippen molar-refractivity contribution in [3.63, 3.8) is 0 Å². The zero-order chi connectivity index (χ0) is 14.6. The maximum absolute atomic E-state index is 12.5. The molecule has 0 heterocycles. The molecule has 0 atom stereocenters.